The lowest BCUT2D eigenvalue weighted by atomic mass is 9.92. The molecule has 0 atom stereocenters. The molecule has 3 heterocycles. The van der Waals surface area contributed by atoms with Gasteiger partial charge in [-0.05, 0) is 44.2 Å². The minimum Gasteiger partial charge on any atom is -0.383 e. The number of benzene rings is 1. The van der Waals surface area contributed by atoms with E-state index in [9.17, 15) is 10.1 Å². The van der Waals surface area contributed by atoms with Gasteiger partial charge in [-0.15, -0.1) is 0 Å². The monoisotopic (exact) mass is 393 g/mol. The number of hydrogen-bond acceptors (Lipinski definition) is 7. The van der Waals surface area contributed by atoms with Crippen molar-refractivity contribution in [3.8, 4) is 6.07 Å². The van der Waals surface area contributed by atoms with Crippen LogP contribution in [0.4, 0.5) is 5.69 Å². The van der Waals surface area contributed by atoms with Crippen LogP contribution < -0.4 is 10.7 Å². The van der Waals surface area contributed by atoms with Gasteiger partial charge in [0.1, 0.15) is 17.5 Å². The van der Waals surface area contributed by atoms with E-state index in [0.717, 1.165) is 5.57 Å². The molecular formula is C21H23N5O3. The van der Waals surface area contributed by atoms with Crippen LogP contribution in [-0.4, -0.2) is 55.0 Å². The number of nitrogens with two attached hydrogens (primary N) is 1. The van der Waals surface area contributed by atoms with Gasteiger partial charge in [-0.2, -0.15) is 10.4 Å². The van der Waals surface area contributed by atoms with Gasteiger partial charge in [-0.25, -0.2) is 5.01 Å². The van der Waals surface area contributed by atoms with E-state index in [0.29, 0.717) is 55.4 Å². The number of carbonyl (C=O) groups is 1. The van der Waals surface area contributed by atoms with Crippen molar-refractivity contribution in [1.29, 1.82) is 5.26 Å². The number of carbonyl (C=O) groups excluding carboxylic acids is 1. The maximum atomic E-state index is 12.6. The van der Waals surface area contributed by atoms with Gasteiger partial charge in [0.2, 0.25) is 0 Å². The third kappa shape index (κ3) is 3.62. The first kappa shape index (κ1) is 19.2. The topological polar surface area (TPSA) is 104 Å². The van der Waals surface area contributed by atoms with Crippen LogP contribution in [0.5, 0.6) is 0 Å². The Morgan fingerprint density at radius 2 is 1.93 bits per heavy atom. The zero-order valence-electron chi connectivity index (χ0n) is 16.5. The Bertz CT molecular complexity index is 963. The first-order valence-electron chi connectivity index (χ1n) is 9.52. The van der Waals surface area contributed by atoms with Crippen LogP contribution in [0.3, 0.4) is 0 Å². The van der Waals surface area contributed by atoms with Crippen LogP contribution >= 0.6 is 0 Å². The molecule has 1 amide bonds. The number of hydrazone groups is 1. The quantitative estimate of drug-likeness (QED) is 0.821. The second-order valence-electron chi connectivity index (χ2n) is 7.63. The van der Waals surface area contributed by atoms with Crippen molar-refractivity contribution >= 4 is 17.3 Å². The average Bonchev–Trinajstić information content (AvgIpc) is 2.73. The highest BCUT2D eigenvalue weighted by molar-refractivity contribution is 6.08. The van der Waals surface area contributed by atoms with Gasteiger partial charge in [0.25, 0.3) is 5.91 Å². The second-order valence-corrected chi connectivity index (χ2v) is 7.63. The van der Waals surface area contributed by atoms with Crippen LogP contribution in [-0.2, 0) is 9.47 Å². The van der Waals surface area contributed by atoms with Crippen LogP contribution in [0.2, 0.25) is 0 Å². The lowest BCUT2D eigenvalue weighted by Crippen LogP contribution is -2.40. The molecule has 3 aliphatic rings. The summed E-state index contributed by atoms with van der Waals surface area (Å²) in [6.07, 6.45) is 1.88. The lowest BCUT2D eigenvalue weighted by Gasteiger charge is -2.34. The zero-order chi connectivity index (χ0) is 20.6. The fourth-order valence-corrected chi connectivity index (χ4v) is 3.53. The van der Waals surface area contributed by atoms with E-state index in [1.54, 1.807) is 29.2 Å². The molecule has 1 aromatic carbocycles. The second kappa shape index (κ2) is 7.35. The van der Waals surface area contributed by atoms with Crippen LogP contribution in [0.25, 0.3) is 0 Å². The number of ether oxygens (including phenoxy) is 2. The highest BCUT2D eigenvalue weighted by Gasteiger charge is 2.33. The van der Waals surface area contributed by atoms with E-state index < -0.39 is 5.60 Å². The molecule has 0 aliphatic carbocycles. The number of allylic oxidation sites excluding steroid dienone is 1. The van der Waals surface area contributed by atoms with Gasteiger partial charge in [-0.3, -0.25) is 4.79 Å². The molecule has 150 valence electrons. The summed E-state index contributed by atoms with van der Waals surface area (Å²) in [5.41, 5.74) is 8.81. The first-order chi connectivity index (χ1) is 13.9. The fourth-order valence-electron chi connectivity index (χ4n) is 3.53. The maximum absolute atomic E-state index is 12.6. The van der Waals surface area contributed by atoms with Crippen molar-refractivity contribution in [1.82, 2.24) is 4.90 Å². The molecule has 1 saturated heterocycles. The van der Waals surface area contributed by atoms with E-state index in [1.807, 2.05) is 19.9 Å². The summed E-state index contributed by atoms with van der Waals surface area (Å²) in [6.45, 7) is 6.45. The summed E-state index contributed by atoms with van der Waals surface area (Å²) in [7, 11) is 0. The van der Waals surface area contributed by atoms with Gasteiger partial charge >= 0.3 is 0 Å². The average molecular weight is 393 g/mol. The summed E-state index contributed by atoms with van der Waals surface area (Å²) in [4.78, 5) is 14.4. The molecule has 1 fully saturated rings. The SMILES string of the molecule is CC1(C)C=C2C(=NN(c3ccc(C(=O)N4CCOCC4)cc3)C(N)=C2C#N)CO1. The number of hydrogen-bond donors (Lipinski definition) is 1. The van der Waals surface area contributed by atoms with Crippen molar-refractivity contribution in [2.45, 2.75) is 19.4 Å². The number of nitrogens with zero attached hydrogens (tertiary/aromatic N) is 4. The number of anilines is 1. The normalized spacial score (nSPS) is 21.1. The molecule has 29 heavy (non-hydrogen) atoms. The third-order valence-electron chi connectivity index (χ3n) is 5.13. The molecule has 0 saturated carbocycles. The van der Waals surface area contributed by atoms with E-state index in [1.165, 1.54) is 5.01 Å². The van der Waals surface area contributed by atoms with E-state index in [4.69, 9.17) is 15.2 Å². The van der Waals surface area contributed by atoms with Crippen LogP contribution in [0.1, 0.15) is 24.2 Å². The Balaban J connectivity index is 1.63. The number of rotatable bonds is 2. The Hall–Kier alpha value is -3.15. The van der Waals surface area contributed by atoms with Crippen molar-refractivity contribution < 1.29 is 14.3 Å². The van der Waals surface area contributed by atoms with Crippen molar-refractivity contribution in [2.24, 2.45) is 10.8 Å². The van der Waals surface area contributed by atoms with E-state index in [2.05, 4.69) is 11.2 Å². The molecular weight excluding hydrogens is 370 g/mol. The Morgan fingerprint density at radius 3 is 2.59 bits per heavy atom. The molecule has 0 aromatic heterocycles. The highest BCUT2D eigenvalue weighted by atomic mass is 16.5. The standard InChI is InChI=1S/C21H23N5O3/c1-21(2)11-16-17(12-22)19(23)26(24-18(16)13-29-21)15-5-3-14(4-6-15)20(27)25-7-9-28-10-8-25/h3-6,11H,7-10,13,23H2,1-2H3. The number of fused-ring (bicyclic) bond motifs is 1. The molecule has 8 heteroatoms. The van der Waals surface area contributed by atoms with Crippen LogP contribution in [0.15, 0.2) is 52.4 Å². The van der Waals surface area contributed by atoms with Crippen molar-refractivity contribution in [3.05, 3.63) is 52.9 Å². The van der Waals surface area contributed by atoms with E-state index >= 15 is 0 Å². The molecule has 0 spiro atoms. The van der Waals surface area contributed by atoms with Gasteiger partial charge < -0.3 is 20.1 Å². The predicted molar refractivity (Wildman–Crippen MR) is 108 cm³/mol. The molecule has 0 unspecified atom stereocenters. The molecule has 0 bridgehead atoms. The fraction of sp³-hybridized carbons (Fsp3) is 0.381. The van der Waals surface area contributed by atoms with E-state index in [-0.39, 0.29) is 11.7 Å². The number of nitriles is 1. The predicted octanol–water partition coefficient (Wildman–Crippen LogP) is 1.76. The van der Waals surface area contributed by atoms with Gasteiger partial charge in [0.15, 0.2) is 0 Å². The number of amides is 1. The summed E-state index contributed by atoms with van der Waals surface area (Å²) >= 11 is 0. The molecule has 1 aromatic rings. The smallest absolute Gasteiger partial charge is 0.254 e. The first-order valence-corrected chi connectivity index (χ1v) is 9.52. The number of morpholine rings is 1. The van der Waals surface area contributed by atoms with Gasteiger partial charge in [-0.1, -0.05) is 0 Å². The minimum atomic E-state index is -0.486. The summed E-state index contributed by atoms with van der Waals surface area (Å²) < 4.78 is 11.1. The maximum Gasteiger partial charge on any atom is 0.254 e. The lowest BCUT2D eigenvalue weighted by molar-refractivity contribution is 0.0303. The van der Waals surface area contributed by atoms with Crippen molar-refractivity contribution in [2.75, 3.05) is 37.9 Å². The Kier molecular flexibility index (Phi) is 4.86. The van der Waals surface area contributed by atoms with Gasteiger partial charge in [0, 0.05) is 24.2 Å². The van der Waals surface area contributed by atoms with Crippen LogP contribution in [0, 0.1) is 11.3 Å². The molecule has 0 radical (unpaired) electrons. The minimum absolute atomic E-state index is 0.0285. The third-order valence-corrected chi connectivity index (χ3v) is 5.13. The Labute approximate surface area is 169 Å². The summed E-state index contributed by atoms with van der Waals surface area (Å²) in [5, 5.41) is 15.8. The van der Waals surface area contributed by atoms with Crippen molar-refractivity contribution in [3.63, 3.8) is 0 Å². The Morgan fingerprint density at radius 1 is 1.24 bits per heavy atom. The summed E-state index contributed by atoms with van der Waals surface area (Å²) in [5.74, 6) is 0.228. The van der Waals surface area contributed by atoms with Gasteiger partial charge in [0.05, 0.1) is 36.8 Å². The molecule has 3 aliphatic heterocycles. The largest absolute Gasteiger partial charge is 0.383 e. The summed E-state index contributed by atoms with van der Waals surface area (Å²) in [6, 6.07) is 9.26. The molecule has 4 rings (SSSR count). The molecule has 8 nitrogen and oxygen atoms in total. The zero-order valence-corrected chi connectivity index (χ0v) is 16.5. The highest BCUT2D eigenvalue weighted by Crippen LogP contribution is 2.32. The molecule has 2 N–H and O–H groups in total.